The van der Waals surface area contributed by atoms with Gasteiger partial charge in [-0.25, -0.2) is 0 Å². The van der Waals surface area contributed by atoms with Gasteiger partial charge in [0.1, 0.15) is 0 Å². The number of carbonyl (C=O) groups is 3. The van der Waals surface area contributed by atoms with Gasteiger partial charge >= 0.3 is 5.97 Å². The largest absolute Gasteiger partial charge is 0.493 e. The Bertz CT molecular complexity index is 1240. The Kier molecular flexibility index (Phi) is 8.67. The van der Waals surface area contributed by atoms with Gasteiger partial charge in [-0.15, -0.1) is 0 Å². The number of Topliss-reactive ketones (excluding diaryl/α,β-unsaturated/α-hetero) is 2. The lowest BCUT2D eigenvalue weighted by atomic mass is 9.77. The quantitative estimate of drug-likeness (QED) is 0.364. The van der Waals surface area contributed by atoms with E-state index in [0.717, 1.165) is 0 Å². The molecule has 0 bridgehead atoms. The number of carboxylic acids is 1. The molecule has 0 aliphatic rings. The lowest BCUT2D eigenvalue weighted by Gasteiger charge is -2.24. The summed E-state index contributed by atoms with van der Waals surface area (Å²) in [4.78, 5) is 39.4. The molecule has 8 heteroatoms. The van der Waals surface area contributed by atoms with E-state index in [2.05, 4.69) is 0 Å². The molecule has 8 nitrogen and oxygen atoms in total. The number of rotatable bonds is 12. The van der Waals surface area contributed by atoms with Crippen LogP contribution in [-0.2, 0) is 4.79 Å². The fourth-order valence-corrected chi connectivity index (χ4v) is 4.07. The summed E-state index contributed by atoms with van der Waals surface area (Å²) < 4.78 is 21.3. The van der Waals surface area contributed by atoms with Gasteiger partial charge in [0, 0.05) is 17.5 Å². The van der Waals surface area contributed by atoms with E-state index < -0.39 is 23.6 Å². The molecule has 36 heavy (non-hydrogen) atoms. The van der Waals surface area contributed by atoms with Crippen LogP contribution in [0, 0.1) is 5.92 Å². The average Bonchev–Trinajstić information content (AvgIpc) is 2.92. The van der Waals surface area contributed by atoms with Crippen molar-refractivity contribution in [3.05, 3.63) is 83.4 Å². The molecule has 0 heterocycles. The van der Waals surface area contributed by atoms with Crippen molar-refractivity contribution in [1.29, 1.82) is 0 Å². The zero-order valence-corrected chi connectivity index (χ0v) is 20.5. The molecule has 2 atom stereocenters. The van der Waals surface area contributed by atoms with Crippen LogP contribution in [0.1, 0.15) is 38.6 Å². The van der Waals surface area contributed by atoms with Gasteiger partial charge in [0.25, 0.3) is 0 Å². The molecule has 3 rings (SSSR count). The van der Waals surface area contributed by atoms with E-state index in [0.29, 0.717) is 34.1 Å². The standard InChI is InChI=1S/C28H28O8/c1-33-22-12-10-18(14-24(22)35-3)26(27(30)19-11-13-23(34-2)25(15-19)36-4)20(28(31)32)16-21(29)17-8-6-5-7-9-17/h5-15,20,26H,16H2,1-4H3,(H,31,32). The second-order valence-electron chi connectivity index (χ2n) is 7.96. The number of ketones is 2. The molecule has 0 aliphatic heterocycles. The maximum atomic E-state index is 13.9. The van der Waals surface area contributed by atoms with Crippen LogP contribution in [0.2, 0.25) is 0 Å². The molecule has 0 aromatic heterocycles. The summed E-state index contributed by atoms with van der Waals surface area (Å²) in [5.41, 5.74) is 0.958. The van der Waals surface area contributed by atoms with Gasteiger partial charge in [-0.2, -0.15) is 0 Å². The van der Waals surface area contributed by atoms with Gasteiger partial charge in [-0.05, 0) is 35.9 Å². The highest BCUT2D eigenvalue weighted by Crippen LogP contribution is 2.38. The lowest BCUT2D eigenvalue weighted by Crippen LogP contribution is -2.30. The Hall–Kier alpha value is -4.33. The lowest BCUT2D eigenvalue weighted by molar-refractivity contribution is -0.142. The van der Waals surface area contributed by atoms with Crippen LogP contribution in [0.15, 0.2) is 66.7 Å². The van der Waals surface area contributed by atoms with Crippen LogP contribution >= 0.6 is 0 Å². The minimum atomic E-state index is -1.35. The number of ether oxygens (including phenoxy) is 4. The van der Waals surface area contributed by atoms with E-state index in [1.165, 1.54) is 40.6 Å². The first-order valence-electron chi connectivity index (χ1n) is 11.1. The third-order valence-corrected chi connectivity index (χ3v) is 5.94. The van der Waals surface area contributed by atoms with E-state index >= 15 is 0 Å². The molecule has 0 saturated heterocycles. The zero-order chi connectivity index (χ0) is 26.2. The van der Waals surface area contributed by atoms with Crippen molar-refractivity contribution in [2.45, 2.75) is 12.3 Å². The smallest absolute Gasteiger partial charge is 0.308 e. The van der Waals surface area contributed by atoms with E-state index in [9.17, 15) is 19.5 Å². The summed E-state index contributed by atoms with van der Waals surface area (Å²) in [6.07, 6.45) is -0.378. The van der Waals surface area contributed by atoms with E-state index in [1.807, 2.05) is 0 Å². The molecule has 0 amide bonds. The monoisotopic (exact) mass is 492 g/mol. The number of benzene rings is 3. The molecule has 0 radical (unpaired) electrons. The van der Waals surface area contributed by atoms with Crippen molar-refractivity contribution in [1.82, 2.24) is 0 Å². The Morgan fingerprint density at radius 2 is 1.25 bits per heavy atom. The van der Waals surface area contributed by atoms with Crippen LogP contribution < -0.4 is 18.9 Å². The van der Waals surface area contributed by atoms with Gasteiger partial charge < -0.3 is 24.1 Å². The Balaban J connectivity index is 2.13. The van der Waals surface area contributed by atoms with Crippen molar-refractivity contribution in [3.63, 3.8) is 0 Å². The van der Waals surface area contributed by atoms with E-state index in [4.69, 9.17) is 18.9 Å². The molecule has 1 N–H and O–H groups in total. The highest BCUT2D eigenvalue weighted by Gasteiger charge is 2.38. The Morgan fingerprint density at radius 3 is 1.81 bits per heavy atom. The molecule has 0 fully saturated rings. The minimum absolute atomic E-state index is 0.214. The van der Waals surface area contributed by atoms with Gasteiger partial charge in [0.2, 0.25) is 0 Å². The molecule has 188 valence electrons. The number of hydrogen-bond donors (Lipinski definition) is 1. The molecular formula is C28H28O8. The molecule has 2 unspecified atom stereocenters. The first-order chi connectivity index (χ1) is 17.3. The number of carbonyl (C=O) groups excluding carboxylic acids is 2. The summed E-state index contributed by atoms with van der Waals surface area (Å²) in [5, 5.41) is 10.2. The molecule has 3 aromatic carbocycles. The Morgan fingerprint density at radius 1 is 0.694 bits per heavy atom. The fourth-order valence-electron chi connectivity index (χ4n) is 4.07. The minimum Gasteiger partial charge on any atom is -0.493 e. The second-order valence-corrected chi connectivity index (χ2v) is 7.96. The summed E-state index contributed by atoms with van der Waals surface area (Å²) in [5.74, 6) is -3.20. The topological polar surface area (TPSA) is 108 Å². The number of hydrogen-bond acceptors (Lipinski definition) is 7. The number of aliphatic carboxylic acids is 1. The van der Waals surface area contributed by atoms with Crippen molar-refractivity contribution >= 4 is 17.5 Å². The highest BCUT2D eigenvalue weighted by molar-refractivity contribution is 6.05. The number of methoxy groups -OCH3 is 4. The normalized spacial score (nSPS) is 12.2. The van der Waals surface area contributed by atoms with Crippen LogP contribution in [-0.4, -0.2) is 51.1 Å². The van der Waals surface area contributed by atoms with E-state index in [1.54, 1.807) is 54.6 Å². The molecule has 0 saturated carbocycles. The predicted octanol–water partition coefficient (Wildman–Crippen LogP) is 4.66. The summed E-state index contributed by atoms with van der Waals surface area (Å²) in [7, 11) is 5.83. The highest BCUT2D eigenvalue weighted by atomic mass is 16.5. The van der Waals surface area contributed by atoms with E-state index in [-0.39, 0.29) is 17.8 Å². The van der Waals surface area contributed by atoms with Gasteiger partial charge in [0.15, 0.2) is 34.6 Å². The van der Waals surface area contributed by atoms with Crippen molar-refractivity contribution < 1.29 is 38.4 Å². The predicted molar refractivity (Wildman–Crippen MR) is 133 cm³/mol. The van der Waals surface area contributed by atoms with Crippen molar-refractivity contribution in [2.75, 3.05) is 28.4 Å². The third-order valence-electron chi connectivity index (χ3n) is 5.94. The third kappa shape index (κ3) is 5.66. The molecule has 3 aromatic rings. The molecule has 0 aliphatic carbocycles. The van der Waals surface area contributed by atoms with Gasteiger partial charge in [0.05, 0.1) is 40.3 Å². The first kappa shape index (κ1) is 26.3. The first-order valence-corrected chi connectivity index (χ1v) is 11.1. The fraction of sp³-hybridized carbons (Fsp3) is 0.250. The molecular weight excluding hydrogens is 464 g/mol. The van der Waals surface area contributed by atoms with Crippen molar-refractivity contribution in [3.8, 4) is 23.0 Å². The van der Waals surface area contributed by atoms with Gasteiger partial charge in [-0.1, -0.05) is 36.4 Å². The maximum absolute atomic E-state index is 13.9. The summed E-state index contributed by atoms with van der Waals surface area (Å²) in [6.45, 7) is 0. The number of carboxylic acid groups (broad SMARTS) is 1. The van der Waals surface area contributed by atoms with Crippen LogP contribution in [0.3, 0.4) is 0 Å². The second kappa shape index (κ2) is 11.9. The maximum Gasteiger partial charge on any atom is 0.308 e. The van der Waals surface area contributed by atoms with Crippen LogP contribution in [0.5, 0.6) is 23.0 Å². The Labute approximate surface area is 209 Å². The van der Waals surface area contributed by atoms with Crippen molar-refractivity contribution in [2.24, 2.45) is 5.92 Å². The summed E-state index contributed by atoms with van der Waals surface area (Å²) >= 11 is 0. The average molecular weight is 493 g/mol. The van der Waals surface area contributed by atoms with Crippen LogP contribution in [0.4, 0.5) is 0 Å². The zero-order valence-electron chi connectivity index (χ0n) is 20.5. The van der Waals surface area contributed by atoms with Gasteiger partial charge in [-0.3, -0.25) is 14.4 Å². The molecule has 0 spiro atoms. The van der Waals surface area contributed by atoms with Crippen LogP contribution in [0.25, 0.3) is 0 Å². The summed E-state index contributed by atoms with van der Waals surface area (Å²) in [6, 6.07) is 17.8. The SMILES string of the molecule is COc1ccc(C(=O)C(c2ccc(OC)c(OC)c2)C(CC(=O)c2ccccc2)C(=O)O)cc1OC.